The highest BCUT2D eigenvalue weighted by molar-refractivity contribution is 7.11. The summed E-state index contributed by atoms with van der Waals surface area (Å²) in [5, 5.41) is 4.39. The number of aryl methyl sites for hydroxylation is 2. The van der Waals surface area contributed by atoms with Crippen molar-refractivity contribution in [3.05, 3.63) is 51.2 Å². The molecule has 0 saturated carbocycles. The Morgan fingerprint density at radius 2 is 1.95 bits per heavy atom. The molecule has 0 amide bonds. The summed E-state index contributed by atoms with van der Waals surface area (Å²) in [4.78, 5) is 6.22. The minimum atomic E-state index is -0.197. The number of hydrogen-bond acceptors (Lipinski definition) is 3. The topological polar surface area (TPSA) is 24.9 Å². The van der Waals surface area contributed by atoms with Crippen LogP contribution >= 0.6 is 11.3 Å². The maximum absolute atomic E-state index is 13.0. The number of nitrogens with one attached hydrogen (secondary N) is 1. The fraction of sp³-hybridized carbons (Fsp3) is 0.400. The Morgan fingerprint density at radius 3 is 2.63 bits per heavy atom. The number of thiazole rings is 1. The number of hydrogen-bond donors (Lipinski definition) is 1. The van der Waals surface area contributed by atoms with E-state index in [4.69, 9.17) is 4.98 Å². The third-order valence-corrected chi connectivity index (χ3v) is 4.82. The number of rotatable bonds is 3. The van der Waals surface area contributed by atoms with Crippen molar-refractivity contribution in [3.8, 4) is 0 Å². The van der Waals surface area contributed by atoms with Crippen molar-refractivity contribution in [2.75, 3.05) is 7.05 Å². The summed E-state index contributed by atoms with van der Waals surface area (Å²) in [5.41, 5.74) is 2.34. The second kappa shape index (κ2) is 5.39. The van der Waals surface area contributed by atoms with Crippen LogP contribution in [0.25, 0.3) is 0 Å². The lowest BCUT2D eigenvalue weighted by molar-refractivity contribution is 0.622. The van der Waals surface area contributed by atoms with E-state index in [1.54, 1.807) is 11.3 Å². The second-order valence-electron chi connectivity index (χ2n) is 4.90. The standard InChI is InChI=1S/C15H17FN2S/c1-17-14(10-6-8-11(16)9-7-10)15-18-12-4-2-3-5-13(12)19-15/h6-9,14,17H,2-5H2,1H3. The molecule has 1 aliphatic rings. The van der Waals surface area contributed by atoms with Gasteiger partial charge in [0, 0.05) is 4.88 Å². The van der Waals surface area contributed by atoms with Crippen molar-refractivity contribution in [1.29, 1.82) is 0 Å². The van der Waals surface area contributed by atoms with E-state index >= 15 is 0 Å². The van der Waals surface area contributed by atoms with Crippen LogP contribution in [0.4, 0.5) is 4.39 Å². The molecule has 2 aromatic rings. The molecular formula is C15H17FN2S. The van der Waals surface area contributed by atoms with E-state index in [0.29, 0.717) is 0 Å². The van der Waals surface area contributed by atoms with Crippen LogP contribution in [0.5, 0.6) is 0 Å². The molecule has 1 unspecified atom stereocenters. The van der Waals surface area contributed by atoms with Crippen LogP contribution in [0.15, 0.2) is 24.3 Å². The average molecular weight is 276 g/mol. The lowest BCUT2D eigenvalue weighted by Gasteiger charge is -2.13. The Balaban J connectivity index is 1.93. The van der Waals surface area contributed by atoms with Crippen LogP contribution < -0.4 is 5.32 Å². The predicted octanol–water partition coefficient (Wildman–Crippen LogP) is 3.47. The van der Waals surface area contributed by atoms with Gasteiger partial charge in [0.25, 0.3) is 0 Å². The van der Waals surface area contributed by atoms with Gasteiger partial charge in [0.1, 0.15) is 10.8 Å². The van der Waals surface area contributed by atoms with E-state index < -0.39 is 0 Å². The van der Waals surface area contributed by atoms with Crippen LogP contribution in [0.2, 0.25) is 0 Å². The third kappa shape index (κ3) is 2.55. The molecule has 4 heteroatoms. The first-order chi connectivity index (χ1) is 9.28. The predicted molar refractivity (Wildman–Crippen MR) is 76.1 cm³/mol. The zero-order valence-corrected chi connectivity index (χ0v) is 11.8. The Kier molecular flexibility index (Phi) is 3.62. The summed E-state index contributed by atoms with van der Waals surface area (Å²) >= 11 is 1.80. The average Bonchev–Trinajstić information content (AvgIpc) is 2.85. The van der Waals surface area contributed by atoms with Crippen molar-refractivity contribution >= 4 is 11.3 Å². The monoisotopic (exact) mass is 276 g/mol. The first-order valence-electron chi connectivity index (χ1n) is 6.69. The normalized spacial score (nSPS) is 16.1. The number of nitrogens with zero attached hydrogens (tertiary/aromatic N) is 1. The smallest absolute Gasteiger partial charge is 0.123 e. The van der Waals surface area contributed by atoms with Crippen LogP contribution in [0.1, 0.15) is 40.0 Å². The molecule has 0 radical (unpaired) electrons. The van der Waals surface area contributed by atoms with Crippen molar-refractivity contribution in [3.63, 3.8) is 0 Å². The van der Waals surface area contributed by atoms with Crippen molar-refractivity contribution in [2.24, 2.45) is 0 Å². The van der Waals surface area contributed by atoms with Gasteiger partial charge in [-0.15, -0.1) is 11.3 Å². The number of halogens is 1. The van der Waals surface area contributed by atoms with Crippen LogP contribution in [0, 0.1) is 5.82 Å². The maximum atomic E-state index is 13.0. The molecule has 2 nitrogen and oxygen atoms in total. The zero-order valence-electron chi connectivity index (χ0n) is 10.9. The summed E-state index contributed by atoms with van der Waals surface area (Å²) < 4.78 is 13.0. The fourth-order valence-corrected chi connectivity index (χ4v) is 3.88. The van der Waals surface area contributed by atoms with Gasteiger partial charge in [0.2, 0.25) is 0 Å². The highest BCUT2D eigenvalue weighted by atomic mass is 32.1. The lowest BCUT2D eigenvalue weighted by Crippen LogP contribution is -2.17. The van der Waals surface area contributed by atoms with Gasteiger partial charge in [-0.25, -0.2) is 9.37 Å². The van der Waals surface area contributed by atoms with Crippen LogP contribution in [-0.2, 0) is 12.8 Å². The Bertz CT molecular complexity index is 539. The summed E-state index contributed by atoms with van der Waals surface area (Å²) in [5.74, 6) is -0.197. The van der Waals surface area contributed by atoms with E-state index in [1.807, 2.05) is 19.2 Å². The summed E-state index contributed by atoms with van der Waals surface area (Å²) in [7, 11) is 1.93. The van der Waals surface area contributed by atoms with Gasteiger partial charge in [-0.3, -0.25) is 0 Å². The van der Waals surface area contributed by atoms with Crippen molar-refractivity contribution in [2.45, 2.75) is 31.7 Å². The van der Waals surface area contributed by atoms with Crippen molar-refractivity contribution in [1.82, 2.24) is 10.3 Å². The lowest BCUT2D eigenvalue weighted by atomic mass is 10.0. The SMILES string of the molecule is CNC(c1ccc(F)cc1)c1nc2c(s1)CCCC2. The summed E-state index contributed by atoms with van der Waals surface area (Å²) in [6.45, 7) is 0. The molecule has 100 valence electrons. The highest BCUT2D eigenvalue weighted by Gasteiger charge is 2.21. The van der Waals surface area contributed by atoms with Gasteiger partial charge in [-0.1, -0.05) is 12.1 Å². The third-order valence-electron chi connectivity index (χ3n) is 3.60. The number of aromatic nitrogens is 1. The minimum Gasteiger partial charge on any atom is -0.307 e. The molecule has 19 heavy (non-hydrogen) atoms. The van der Waals surface area contributed by atoms with Gasteiger partial charge in [-0.2, -0.15) is 0 Å². The Hall–Kier alpha value is -1.26. The Labute approximate surface area is 116 Å². The second-order valence-corrected chi connectivity index (χ2v) is 6.02. The van der Waals surface area contributed by atoms with E-state index in [1.165, 1.54) is 35.5 Å². The van der Waals surface area contributed by atoms with Gasteiger partial charge in [0.15, 0.2) is 0 Å². The molecule has 1 aliphatic carbocycles. The van der Waals surface area contributed by atoms with Gasteiger partial charge in [-0.05, 0) is 50.4 Å². The maximum Gasteiger partial charge on any atom is 0.123 e. The molecule has 1 aromatic carbocycles. The van der Waals surface area contributed by atoms with Crippen molar-refractivity contribution < 1.29 is 4.39 Å². The first kappa shape index (κ1) is 12.8. The summed E-state index contributed by atoms with van der Waals surface area (Å²) in [6, 6.07) is 6.74. The quantitative estimate of drug-likeness (QED) is 0.928. The molecule has 1 N–H and O–H groups in total. The van der Waals surface area contributed by atoms with Gasteiger partial charge in [0.05, 0.1) is 11.7 Å². The van der Waals surface area contributed by atoms with E-state index in [9.17, 15) is 4.39 Å². The molecule has 0 bridgehead atoms. The summed E-state index contributed by atoms with van der Waals surface area (Å²) in [6.07, 6.45) is 4.78. The molecule has 1 atom stereocenters. The van der Waals surface area contributed by atoms with E-state index in [2.05, 4.69) is 5.32 Å². The van der Waals surface area contributed by atoms with Crippen LogP contribution in [-0.4, -0.2) is 12.0 Å². The first-order valence-corrected chi connectivity index (χ1v) is 7.51. The van der Waals surface area contributed by atoms with Gasteiger partial charge < -0.3 is 5.32 Å². The molecule has 3 rings (SSSR count). The molecule has 1 heterocycles. The molecule has 0 saturated heterocycles. The molecule has 1 aromatic heterocycles. The molecule has 0 fully saturated rings. The number of benzene rings is 1. The largest absolute Gasteiger partial charge is 0.307 e. The highest BCUT2D eigenvalue weighted by Crippen LogP contribution is 2.32. The molecule has 0 aliphatic heterocycles. The fourth-order valence-electron chi connectivity index (χ4n) is 2.58. The van der Waals surface area contributed by atoms with Crippen LogP contribution in [0.3, 0.4) is 0 Å². The Morgan fingerprint density at radius 1 is 1.21 bits per heavy atom. The minimum absolute atomic E-state index is 0.0659. The zero-order chi connectivity index (χ0) is 13.2. The number of fused-ring (bicyclic) bond motifs is 1. The molecular weight excluding hydrogens is 259 g/mol. The van der Waals surface area contributed by atoms with E-state index in [0.717, 1.165) is 23.4 Å². The van der Waals surface area contributed by atoms with E-state index in [-0.39, 0.29) is 11.9 Å². The molecule has 0 spiro atoms. The van der Waals surface area contributed by atoms with Gasteiger partial charge >= 0.3 is 0 Å².